The normalized spacial score (nSPS) is 18.7. The van der Waals surface area contributed by atoms with Gasteiger partial charge in [0.25, 0.3) is 11.5 Å². The van der Waals surface area contributed by atoms with Crippen LogP contribution in [0.1, 0.15) is 23.2 Å². The number of amides is 1. The molecule has 4 heterocycles. The Labute approximate surface area is 172 Å². The third kappa shape index (κ3) is 2.81. The average molecular weight is 407 g/mol. The van der Waals surface area contributed by atoms with Crippen molar-refractivity contribution >= 4 is 39.9 Å². The summed E-state index contributed by atoms with van der Waals surface area (Å²) in [6, 6.07) is 7.68. The molecule has 0 unspecified atom stereocenters. The molecule has 1 atom stereocenters. The molecule has 3 aromatic rings. The fraction of sp³-hybridized carbons (Fsp3) is 0.333. The first-order valence-corrected chi connectivity index (χ1v) is 10.9. The van der Waals surface area contributed by atoms with Crippen LogP contribution in [0.2, 0.25) is 0 Å². The van der Waals surface area contributed by atoms with Gasteiger partial charge >= 0.3 is 0 Å². The number of anilines is 2. The largest absolute Gasteiger partial charge is 0.351 e. The number of pyridine rings is 1. The number of aromatic nitrogens is 3. The third-order valence-corrected chi connectivity index (χ3v) is 6.40. The predicted octanol–water partition coefficient (Wildman–Crippen LogP) is 2.68. The van der Waals surface area contributed by atoms with E-state index in [1.165, 1.54) is 11.8 Å². The SMILES string of the molecule is CSc1ncc2c(n1)N1CCC[C@H]1CN(c1cccc3c(=O)n(C)ccc13)C2=O. The van der Waals surface area contributed by atoms with Crippen LogP contribution in [0.25, 0.3) is 10.8 Å². The summed E-state index contributed by atoms with van der Waals surface area (Å²) in [7, 11) is 1.73. The number of benzene rings is 1. The van der Waals surface area contributed by atoms with Gasteiger partial charge in [0.15, 0.2) is 5.16 Å². The lowest BCUT2D eigenvalue weighted by Gasteiger charge is -2.27. The molecule has 0 spiro atoms. The van der Waals surface area contributed by atoms with Crippen molar-refractivity contribution in [3.63, 3.8) is 0 Å². The Morgan fingerprint density at radius 3 is 2.86 bits per heavy atom. The smallest absolute Gasteiger partial charge is 0.263 e. The number of carbonyl (C=O) groups is 1. The second-order valence-electron chi connectivity index (χ2n) is 7.47. The second-order valence-corrected chi connectivity index (χ2v) is 8.24. The molecule has 29 heavy (non-hydrogen) atoms. The molecule has 2 aromatic heterocycles. The molecule has 1 aromatic carbocycles. The Morgan fingerprint density at radius 2 is 2.03 bits per heavy atom. The molecule has 7 nitrogen and oxygen atoms in total. The fourth-order valence-electron chi connectivity index (χ4n) is 4.37. The van der Waals surface area contributed by atoms with Gasteiger partial charge in [0.05, 0.1) is 5.69 Å². The van der Waals surface area contributed by atoms with Crippen LogP contribution in [-0.2, 0) is 7.05 Å². The van der Waals surface area contributed by atoms with Crippen LogP contribution in [0.3, 0.4) is 0 Å². The van der Waals surface area contributed by atoms with E-state index in [9.17, 15) is 9.59 Å². The summed E-state index contributed by atoms with van der Waals surface area (Å²) in [5.74, 6) is 0.616. The van der Waals surface area contributed by atoms with E-state index in [1.807, 2.05) is 30.5 Å². The minimum Gasteiger partial charge on any atom is -0.351 e. The molecule has 1 saturated heterocycles. The van der Waals surface area contributed by atoms with Gasteiger partial charge in [-0.2, -0.15) is 0 Å². The zero-order valence-electron chi connectivity index (χ0n) is 16.3. The van der Waals surface area contributed by atoms with Gasteiger partial charge in [0.1, 0.15) is 11.4 Å². The van der Waals surface area contributed by atoms with Crippen molar-refractivity contribution in [1.82, 2.24) is 14.5 Å². The van der Waals surface area contributed by atoms with E-state index in [-0.39, 0.29) is 17.5 Å². The minimum absolute atomic E-state index is 0.0672. The van der Waals surface area contributed by atoms with Gasteiger partial charge in [0, 0.05) is 49.3 Å². The molecule has 0 radical (unpaired) electrons. The van der Waals surface area contributed by atoms with Crippen LogP contribution < -0.4 is 15.4 Å². The van der Waals surface area contributed by atoms with E-state index in [1.54, 1.807) is 28.9 Å². The summed E-state index contributed by atoms with van der Waals surface area (Å²) in [6.07, 6.45) is 7.41. The maximum Gasteiger partial charge on any atom is 0.263 e. The Kier molecular flexibility index (Phi) is 4.31. The number of hydrogen-bond donors (Lipinski definition) is 0. The molecule has 8 heteroatoms. The van der Waals surface area contributed by atoms with Crippen LogP contribution in [0, 0.1) is 0 Å². The first-order valence-electron chi connectivity index (χ1n) is 9.66. The van der Waals surface area contributed by atoms with Crippen LogP contribution >= 0.6 is 11.8 Å². The molecule has 0 bridgehead atoms. The quantitative estimate of drug-likeness (QED) is 0.481. The zero-order chi connectivity index (χ0) is 20.1. The molecule has 2 aliphatic heterocycles. The summed E-state index contributed by atoms with van der Waals surface area (Å²) in [5, 5.41) is 2.07. The van der Waals surface area contributed by atoms with E-state index in [0.717, 1.165) is 36.3 Å². The van der Waals surface area contributed by atoms with Crippen LogP contribution in [0.15, 0.2) is 46.6 Å². The Bertz CT molecular complexity index is 1190. The highest BCUT2D eigenvalue weighted by atomic mass is 32.2. The summed E-state index contributed by atoms with van der Waals surface area (Å²) in [4.78, 5) is 39.3. The number of hydrogen-bond acceptors (Lipinski definition) is 6. The Morgan fingerprint density at radius 1 is 1.17 bits per heavy atom. The van der Waals surface area contributed by atoms with Crippen molar-refractivity contribution in [3.8, 4) is 0 Å². The summed E-state index contributed by atoms with van der Waals surface area (Å²) >= 11 is 1.47. The van der Waals surface area contributed by atoms with Gasteiger partial charge < -0.3 is 14.4 Å². The van der Waals surface area contributed by atoms with Gasteiger partial charge in [-0.25, -0.2) is 9.97 Å². The number of thioether (sulfide) groups is 1. The van der Waals surface area contributed by atoms with E-state index < -0.39 is 0 Å². The first-order chi connectivity index (χ1) is 14.1. The van der Waals surface area contributed by atoms with Crippen molar-refractivity contribution in [2.75, 3.05) is 29.1 Å². The molecule has 2 aliphatic rings. The second kappa shape index (κ2) is 6.88. The number of carbonyl (C=O) groups excluding carboxylic acids is 1. The predicted molar refractivity (Wildman–Crippen MR) is 115 cm³/mol. The summed E-state index contributed by atoms with van der Waals surface area (Å²) in [6.45, 7) is 1.46. The van der Waals surface area contributed by atoms with Crippen LogP contribution in [0.4, 0.5) is 11.5 Å². The maximum absolute atomic E-state index is 13.6. The Balaban J connectivity index is 1.70. The van der Waals surface area contributed by atoms with Crippen LogP contribution in [0.5, 0.6) is 0 Å². The monoisotopic (exact) mass is 407 g/mol. The first kappa shape index (κ1) is 18.2. The molecule has 0 aliphatic carbocycles. The van der Waals surface area contributed by atoms with E-state index >= 15 is 0 Å². The average Bonchev–Trinajstić information content (AvgIpc) is 3.17. The summed E-state index contributed by atoms with van der Waals surface area (Å²) < 4.78 is 1.56. The van der Waals surface area contributed by atoms with E-state index in [0.29, 0.717) is 22.7 Å². The number of fused-ring (bicyclic) bond motifs is 4. The molecule has 0 saturated carbocycles. The van der Waals surface area contributed by atoms with Gasteiger partial charge in [-0.05, 0) is 37.3 Å². The van der Waals surface area contributed by atoms with Gasteiger partial charge in [-0.15, -0.1) is 0 Å². The highest BCUT2D eigenvalue weighted by Crippen LogP contribution is 2.36. The van der Waals surface area contributed by atoms with Gasteiger partial charge in [-0.3, -0.25) is 9.59 Å². The van der Waals surface area contributed by atoms with Crippen molar-refractivity contribution in [1.29, 1.82) is 0 Å². The molecule has 1 amide bonds. The molecule has 5 rings (SSSR count). The zero-order valence-corrected chi connectivity index (χ0v) is 17.1. The van der Waals surface area contributed by atoms with Crippen LogP contribution in [-0.4, -0.2) is 45.8 Å². The standard InChI is InChI=1S/C21H21N5O2S/c1-24-10-8-14-15(19(24)27)6-3-7-17(14)26-12-13-5-4-9-25(13)18-16(20(26)28)11-22-21(23-18)29-2/h3,6-8,10-11,13H,4-5,9,12H2,1-2H3/t13-/m0/s1. The van der Waals surface area contributed by atoms with Gasteiger partial charge in [-0.1, -0.05) is 17.8 Å². The van der Waals surface area contributed by atoms with E-state index in [2.05, 4.69) is 14.9 Å². The van der Waals surface area contributed by atoms with Crippen molar-refractivity contribution < 1.29 is 4.79 Å². The minimum atomic E-state index is -0.116. The lowest BCUT2D eigenvalue weighted by Crippen LogP contribution is -2.40. The third-order valence-electron chi connectivity index (χ3n) is 5.84. The number of aryl methyl sites for hydroxylation is 1. The van der Waals surface area contributed by atoms with Crippen molar-refractivity contribution in [2.45, 2.75) is 24.0 Å². The molecular formula is C21H21N5O2S. The maximum atomic E-state index is 13.6. The highest BCUT2D eigenvalue weighted by Gasteiger charge is 2.37. The van der Waals surface area contributed by atoms with Gasteiger partial charge in [0.2, 0.25) is 0 Å². The molecule has 1 fully saturated rings. The highest BCUT2D eigenvalue weighted by molar-refractivity contribution is 7.98. The molecular weight excluding hydrogens is 386 g/mol. The number of rotatable bonds is 2. The van der Waals surface area contributed by atoms with Crippen molar-refractivity contribution in [3.05, 3.63) is 52.6 Å². The fourth-order valence-corrected chi connectivity index (χ4v) is 4.71. The van der Waals surface area contributed by atoms with E-state index in [4.69, 9.17) is 0 Å². The topological polar surface area (TPSA) is 71.3 Å². The molecule has 0 N–H and O–H groups in total. The lowest BCUT2D eigenvalue weighted by molar-refractivity contribution is 0.0988. The summed E-state index contributed by atoms with van der Waals surface area (Å²) in [5.41, 5.74) is 1.22. The molecule has 148 valence electrons. The Hall–Kier alpha value is -2.87. The van der Waals surface area contributed by atoms with Crippen molar-refractivity contribution in [2.24, 2.45) is 7.05 Å². The lowest BCUT2D eigenvalue weighted by atomic mass is 10.1. The number of nitrogens with zero attached hydrogens (tertiary/aromatic N) is 5.